The van der Waals surface area contributed by atoms with Crippen LogP contribution in [0.1, 0.15) is 82.9 Å². The van der Waals surface area contributed by atoms with Crippen LogP contribution in [0.3, 0.4) is 0 Å². The van der Waals surface area contributed by atoms with Gasteiger partial charge >= 0.3 is 0 Å². The zero-order valence-corrected chi connectivity index (χ0v) is 30.9. The standard InChI is InChI=1S/C45H49BrN2/c1-6-9-17-33-19-14-22-39-37(33)26-30-48-43(39)40-31-35(46)23-24-41(40)44(5,7-2)45(48,8-3)27-15-28-47-29-25-34-18-11-13-21-38(34)42(47)36-20-12-10-16-32(36)4/h10-14,16,18-26,29-31H,6-9,15,17,27-28H2,1-5H3/q+2. The quantitative estimate of drug-likeness (QED) is 0.126. The number of aromatic nitrogens is 2. The van der Waals surface area contributed by atoms with Gasteiger partial charge in [-0.3, -0.25) is 0 Å². The minimum Gasteiger partial charge on any atom is -0.198 e. The minimum atomic E-state index is -0.0776. The largest absolute Gasteiger partial charge is 0.221 e. The highest BCUT2D eigenvalue weighted by Crippen LogP contribution is 2.53. The van der Waals surface area contributed by atoms with Gasteiger partial charge in [0.1, 0.15) is 6.54 Å². The van der Waals surface area contributed by atoms with Crippen molar-refractivity contribution in [2.45, 2.75) is 97.1 Å². The molecule has 0 bridgehead atoms. The zero-order valence-electron chi connectivity index (χ0n) is 29.3. The van der Waals surface area contributed by atoms with Crippen molar-refractivity contribution in [3.63, 3.8) is 0 Å². The van der Waals surface area contributed by atoms with Crippen LogP contribution < -0.4 is 9.13 Å². The van der Waals surface area contributed by atoms with Crippen LogP contribution in [0, 0.1) is 6.92 Å². The van der Waals surface area contributed by atoms with E-state index in [1.165, 1.54) is 73.6 Å². The van der Waals surface area contributed by atoms with Crippen molar-refractivity contribution in [1.82, 2.24) is 0 Å². The molecule has 6 aromatic rings. The fourth-order valence-corrected chi connectivity index (χ4v) is 9.43. The highest BCUT2D eigenvalue weighted by molar-refractivity contribution is 9.10. The molecule has 0 radical (unpaired) electrons. The van der Waals surface area contributed by atoms with E-state index in [9.17, 15) is 0 Å². The van der Waals surface area contributed by atoms with E-state index < -0.39 is 0 Å². The average molecular weight is 698 g/mol. The summed E-state index contributed by atoms with van der Waals surface area (Å²) >= 11 is 3.86. The number of benzene rings is 4. The first-order valence-electron chi connectivity index (χ1n) is 18.1. The molecule has 3 heteroatoms. The maximum atomic E-state index is 3.86. The zero-order chi connectivity index (χ0) is 33.5. The fourth-order valence-electron chi connectivity index (χ4n) is 9.07. The number of rotatable bonds is 10. The van der Waals surface area contributed by atoms with E-state index in [0.717, 1.165) is 43.1 Å². The molecule has 0 aliphatic carbocycles. The summed E-state index contributed by atoms with van der Waals surface area (Å²) in [7, 11) is 0. The molecule has 2 atom stereocenters. The van der Waals surface area contributed by atoms with Gasteiger partial charge in [-0.2, -0.15) is 9.13 Å². The van der Waals surface area contributed by atoms with Gasteiger partial charge in [0, 0.05) is 41.4 Å². The third kappa shape index (κ3) is 5.21. The van der Waals surface area contributed by atoms with Crippen molar-refractivity contribution in [2.75, 3.05) is 0 Å². The molecule has 0 saturated heterocycles. The van der Waals surface area contributed by atoms with Crippen LogP contribution in [0.15, 0.2) is 114 Å². The lowest BCUT2D eigenvalue weighted by Crippen LogP contribution is -2.69. The molecule has 244 valence electrons. The van der Waals surface area contributed by atoms with Crippen molar-refractivity contribution >= 4 is 37.5 Å². The topological polar surface area (TPSA) is 7.76 Å². The Morgan fingerprint density at radius 1 is 0.688 bits per heavy atom. The third-order valence-corrected chi connectivity index (χ3v) is 12.3. The van der Waals surface area contributed by atoms with Crippen molar-refractivity contribution < 1.29 is 9.13 Å². The van der Waals surface area contributed by atoms with Crippen molar-refractivity contribution in [1.29, 1.82) is 0 Å². The first-order valence-corrected chi connectivity index (χ1v) is 18.9. The SMILES string of the molecule is CCCCc1cccc2c3[n+](ccc12)C(CC)(CCC[n+]1ccc2ccccc2c1-c1ccccc1C)C(C)(CC)c1ccc(Br)cc1-3. The average Bonchev–Trinajstić information content (AvgIpc) is 3.11. The number of nitrogens with zero attached hydrogens (tertiary/aromatic N) is 2. The Balaban J connectivity index is 1.37. The van der Waals surface area contributed by atoms with Crippen LogP contribution >= 0.6 is 15.9 Å². The normalized spacial score (nSPS) is 18.6. The maximum Gasteiger partial charge on any atom is 0.221 e. The summed E-state index contributed by atoms with van der Waals surface area (Å²) in [5.74, 6) is 0. The van der Waals surface area contributed by atoms with Gasteiger partial charge in [-0.15, -0.1) is 0 Å². The first-order chi connectivity index (χ1) is 23.4. The second kappa shape index (κ2) is 13.2. The van der Waals surface area contributed by atoms with E-state index in [2.05, 4.69) is 169 Å². The molecule has 2 nitrogen and oxygen atoms in total. The maximum absolute atomic E-state index is 3.86. The molecular formula is C45H49BrN2+2. The van der Waals surface area contributed by atoms with Crippen LogP contribution in [0.2, 0.25) is 0 Å². The molecule has 1 aliphatic rings. The molecule has 0 saturated carbocycles. The summed E-state index contributed by atoms with van der Waals surface area (Å²) in [6, 6.07) is 36.5. The second-order valence-corrected chi connectivity index (χ2v) is 15.1. The Bertz CT molecular complexity index is 2130. The molecule has 4 aromatic carbocycles. The van der Waals surface area contributed by atoms with Crippen LogP contribution in [-0.2, 0) is 23.9 Å². The molecule has 0 N–H and O–H groups in total. The molecule has 0 fully saturated rings. The molecule has 0 spiro atoms. The van der Waals surface area contributed by atoms with E-state index in [-0.39, 0.29) is 11.0 Å². The van der Waals surface area contributed by atoms with Crippen LogP contribution in [0.4, 0.5) is 0 Å². The minimum absolute atomic E-state index is 0.0319. The molecule has 1 aliphatic heterocycles. The van der Waals surface area contributed by atoms with Gasteiger partial charge in [0.25, 0.3) is 0 Å². The van der Waals surface area contributed by atoms with Crippen molar-refractivity contribution in [2.24, 2.45) is 0 Å². The first kappa shape index (κ1) is 32.7. The van der Waals surface area contributed by atoms with Gasteiger partial charge < -0.3 is 0 Å². The van der Waals surface area contributed by atoms with E-state index >= 15 is 0 Å². The molecule has 2 aromatic heterocycles. The highest BCUT2D eigenvalue weighted by atomic mass is 79.9. The lowest BCUT2D eigenvalue weighted by Gasteiger charge is -2.48. The van der Waals surface area contributed by atoms with Gasteiger partial charge in [0.15, 0.2) is 17.9 Å². The number of aryl methyl sites for hydroxylation is 3. The van der Waals surface area contributed by atoms with Gasteiger partial charge in [-0.05, 0) is 90.9 Å². The molecule has 7 rings (SSSR count). The number of halogens is 1. The summed E-state index contributed by atoms with van der Waals surface area (Å²) in [6.45, 7) is 12.9. The van der Waals surface area contributed by atoms with E-state index in [1.807, 2.05) is 0 Å². The van der Waals surface area contributed by atoms with Crippen LogP contribution in [-0.4, -0.2) is 0 Å². The Hall–Kier alpha value is -3.82. The summed E-state index contributed by atoms with van der Waals surface area (Å²) in [6.07, 6.45) is 12.6. The lowest BCUT2D eigenvalue weighted by molar-refractivity contribution is -0.771. The van der Waals surface area contributed by atoms with E-state index in [0.29, 0.717) is 0 Å². The van der Waals surface area contributed by atoms with E-state index in [1.54, 1.807) is 0 Å². The Labute approximate surface area is 295 Å². The number of pyridine rings is 2. The smallest absolute Gasteiger partial charge is 0.198 e. The predicted molar refractivity (Wildman–Crippen MR) is 205 cm³/mol. The lowest BCUT2D eigenvalue weighted by atomic mass is 9.58. The Morgan fingerprint density at radius 2 is 1.48 bits per heavy atom. The van der Waals surface area contributed by atoms with Gasteiger partial charge in [0.2, 0.25) is 11.4 Å². The highest BCUT2D eigenvalue weighted by Gasteiger charge is 2.59. The number of hydrogen-bond acceptors (Lipinski definition) is 0. The Kier molecular flexibility index (Phi) is 9.02. The molecule has 2 unspecified atom stereocenters. The van der Waals surface area contributed by atoms with Gasteiger partial charge in [-0.1, -0.05) is 97.7 Å². The summed E-state index contributed by atoms with van der Waals surface area (Å²) in [4.78, 5) is 0. The number of fused-ring (bicyclic) bond motifs is 6. The van der Waals surface area contributed by atoms with Crippen molar-refractivity contribution in [3.05, 3.63) is 131 Å². The molecule has 0 amide bonds. The van der Waals surface area contributed by atoms with Crippen LogP contribution in [0.25, 0.3) is 44.1 Å². The number of hydrogen-bond donors (Lipinski definition) is 0. The summed E-state index contributed by atoms with van der Waals surface area (Å²) in [5.41, 5.74) is 9.57. The van der Waals surface area contributed by atoms with Crippen molar-refractivity contribution in [3.8, 4) is 22.5 Å². The predicted octanol–water partition coefficient (Wildman–Crippen LogP) is 11.6. The van der Waals surface area contributed by atoms with Gasteiger partial charge in [-0.25, -0.2) is 0 Å². The van der Waals surface area contributed by atoms with Gasteiger partial charge in [0.05, 0.1) is 21.8 Å². The van der Waals surface area contributed by atoms with Crippen LogP contribution in [0.5, 0.6) is 0 Å². The number of unbranched alkanes of at least 4 members (excludes halogenated alkanes) is 1. The van der Waals surface area contributed by atoms with E-state index in [4.69, 9.17) is 0 Å². The summed E-state index contributed by atoms with van der Waals surface area (Å²) < 4.78 is 6.40. The monoisotopic (exact) mass is 696 g/mol. The fraction of sp³-hybridized carbons (Fsp3) is 0.333. The molecular weight excluding hydrogens is 648 g/mol. The molecule has 48 heavy (non-hydrogen) atoms. The second-order valence-electron chi connectivity index (χ2n) is 14.1. The Morgan fingerprint density at radius 3 is 2.27 bits per heavy atom. The third-order valence-electron chi connectivity index (χ3n) is 11.8. The molecule has 3 heterocycles. The summed E-state index contributed by atoms with van der Waals surface area (Å²) in [5, 5.41) is 5.40.